The molecule has 1 N–H and O–H groups in total. The van der Waals surface area contributed by atoms with E-state index in [1.807, 2.05) is 6.07 Å². The van der Waals surface area contributed by atoms with E-state index in [1.165, 1.54) is 10.6 Å². The number of hydrogen-bond donors (Lipinski definition) is 1. The average Bonchev–Trinajstić information content (AvgIpc) is 3.04. The molecule has 3 rings (SSSR count). The highest BCUT2D eigenvalue weighted by atomic mass is 79.9. The zero-order valence-electron chi connectivity index (χ0n) is 11.7. The van der Waals surface area contributed by atoms with Crippen LogP contribution in [-0.4, -0.2) is 15.9 Å². The van der Waals surface area contributed by atoms with Gasteiger partial charge in [0.25, 0.3) is 0 Å². The summed E-state index contributed by atoms with van der Waals surface area (Å²) in [6.45, 7) is 4.05. The van der Waals surface area contributed by atoms with Gasteiger partial charge in [0.05, 0.1) is 5.69 Å². The lowest BCUT2D eigenvalue weighted by Gasteiger charge is -2.06. The van der Waals surface area contributed by atoms with Crippen molar-refractivity contribution in [2.24, 2.45) is 0 Å². The molecule has 0 aliphatic heterocycles. The molecule has 0 radical (unpaired) electrons. The van der Waals surface area contributed by atoms with E-state index in [-0.39, 0.29) is 0 Å². The molecule has 0 fully saturated rings. The van der Waals surface area contributed by atoms with Crippen molar-refractivity contribution in [3.63, 3.8) is 0 Å². The summed E-state index contributed by atoms with van der Waals surface area (Å²) in [6.07, 6.45) is 3.23. The second-order valence-corrected chi connectivity index (χ2v) is 7.39. The van der Waals surface area contributed by atoms with Gasteiger partial charge in [-0.25, -0.2) is 4.98 Å². The molecule has 0 saturated carbocycles. The normalized spacial score (nSPS) is 11.3. The molecule has 0 aliphatic carbocycles. The molecule has 0 atom stereocenters. The number of nitrogens with one attached hydrogen (secondary N) is 1. The third kappa shape index (κ3) is 3.34. The average molecular weight is 382 g/mol. The summed E-state index contributed by atoms with van der Waals surface area (Å²) in [5.74, 6) is 0. The van der Waals surface area contributed by atoms with Gasteiger partial charge in [-0.15, -0.1) is 11.3 Å². The molecule has 3 nitrogen and oxygen atoms in total. The van der Waals surface area contributed by atoms with Crippen LogP contribution in [0.1, 0.15) is 19.0 Å². The first-order valence-electron chi connectivity index (χ1n) is 6.87. The van der Waals surface area contributed by atoms with Crippen LogP contribution in [0, 0.1) is 0 Å². The quantitative estimate of drug-likeness (QED) is 0.621. The van der Waals surface area contributed by atoms with E-state index in [9.17, 15) is 0 Å². The maximum absolute atomic E-state index is 4.77. The maximum atomic E-state index is 4.77. The third-order valence-electron chi connectivity index (χ3n) is 3.09. The van der Waals surface area contributed by atoms with E-state index >= 15 is 0 Å². The van der Waals surface area contributed by atoms with E-state index in [0.717, 1.165) is 34.0 Å². The summed E-state index contributed by atoms with van der Waals surface area (Å²) in [5, 5.41) is 6.64. The Morgan fingerprint density at radius 3 is 3.05 bits per heavy atom. The highest BCUT2D eigenvalue weighted by Gasteiger charge is 2.15. The van der Waals surface area contributed by atoms with Gasteiger partial charge in [0.1, 0.15) is 5.03 Å². The Kier molecular flexibility index (Phi) is 5.00. The lowest BCUT2D eigenvalue weighted by molar-refractivity contribution is 0.653. The highest BCUT2D eigenvalue weighted by molar-refractivity contribution is 9.10. The third-order valence-corrected chi connectivity index (χ3v) is 5.89. The summed E-state index contributed by atoms with van der Waals surface area (Å²) < 4.78 is 3.30. The van der Waals surface area contributed by atoms with Gasteiger partial charge in [0.15, 0.2) is 4.96 Å². The zero-order valence-corrected chi connectivity index (χ0v) is 14.9. The molecule has 1 aromatic carbocycles. The van der Waals surface area contributed by atoms with Crippen LogP contribution >= 0.6 is 39.0 Å². The molecule has 6 heteroatoms. The predicted molar refractivity (Wildman–Crippen MR) is 93.3 cm³/mol. The van der Waals surface area contributed by atoms with Crippen molar-refractivity contribution in [1.82, 2.24) is 14.7 Å². The molecular weight excluding hydrogens is 366 g/mol. The molecule has 0 saturated heterocycles. The van der Waals surface area contributed by atoms with Crippen LogP contribution in [0.5, 0.6) is 0 Å². The fraction of sp³-hybridized carbons (Fsp3) is 0.267. The SMILES string of the molecule is CCCNCc1c(Sc2ccccc2Br)nc2sccn12. The number of aromatic nitrogens is 2. The van der Waals surface area contributed by atoms with Gasteiger partial charge in [0.2, 0.25) is 0 Å². The van der Waals surface area contributed by atoms with Gasteiger partial charge in [0, 0.05) is 27.5 Å². The summed E-state index contributed by atoms with van der Waals surface area (Å²) in [7, 11) is 0. The first-order chi connectivity index (χ1) is 10.3. The molecule has 3 aromatic rings. The molecule has 2 aromatic heterocycles. The second-order valence-electron chi connectivity index (χ2n) is 4.63. The number of hydrogen-bond acceptors (Lipinski definition) is 4. The van der Waals surface area contributed by atoms with Crippen LogP contribution in [0.25, 0.3) is 4.96 Å². The molecular formula is C15H16BrN3S2. The van der Waals surface area contributed by atoms with Crippen LogP contribution < -0.4 is 5.32 Å². The molecule has 0 amide bonds. The van der Waals surface area contributed by atoms with E-state index in [0.29, 0.717) is 0 Å². The Hall–Kier alpha value is -0.820. The van der Waals surface area contributed by atoms with E-state index in [1.54, 1.807) is 23.1 Å². The number of halogens is 1. The number of fused-ring (bicyclic) bond motifs is 1. The van der Waals surface area contributed by atoms with Gasteiger partial charge in [-0.3, -0.25) is 4.40 Å². The summed E-state index contributed by atoms with van der Waals surface area (Å²) >= 11 is 7.00. The molecule has 110 valence electrons. The largest absolute Gasteiger partial charge is 0.311 e. The summed E-state index contributed by atoms with van der Waals surface area (Å²) in [4.78, 5) is 7.02. The first kappa shape index (κ1) is 15.1. The highest BCUT2D eigenvalue weighted by Crippen LogP contribution is 2.35. The van der Waals surface area contributed by atoms with E-state index in [2.05, 4.69) is 62.3 Å². The monoisotopic (exact) mass is 381 g/mol. The standard InChI is InChI=1S/C15H16BrN3S2/c1-2-7-17-10-12-14(18-15-19(12)8-9-20-15)21-13-6-4-3-5-11(13)16/h3-6,8-9,17H,2,7,10H2,1H3. The van der Waals surface area contributed by atoms with Crippen molar-refractivity contribution >= 4 is 44.0 Å². The van der Waals surface area contributed by atoms with E-state index < -0.39 is 0 Å². The fourth-order valence-electron chi connectivity index (χ4n) is 2.07. The van der Waals surface area contributed by atoms with Gasteiger partial charge >= 0.3 is 0 Å². The van der Waals surface area contributed by atoms with Crippen molar-refractivity contribution in [3.05, 3.63) is 46.0 Å². The Morgan fingerprint density at radius 2 is 2.24 bits per heavy atom. The molecule has 21 heavy (non-hydrogen) atoms. The van der Waals surface area contributed by atoms with Crippen LogP contribution in [0.15, 0.2) is 50.2 Å². The zero-order chi connectivity index (χ0) is 14.7. The number of benzene rings is 1. The molecule has 0 aliphatic rings. The Labute approximate surface area is 140 Å². The number of imidazole rings is 1. The molecule has 0 spiro atoms. The van der Waals surface area contributed by atoms with Crippen LogP contribution in [0.2, 0.25) is 0 Å². The van der Waals surface area contributed by atoms with Crippen molar-refractivity contribution in [2.75, 3.05) is 6.54 Å². The molecule has 0 bridgehead atoms. The molecule has 0 unspecified atom stereocenters. The minimum absolute atomic E-state index is 0.846. The lowest BCUT2D eigenvalue weighted by Crippen LogP contribution is -2.15. The second kappa shape index (κ2) is 6.96. The Morgan fingerprint density at radius 1 is 1.38 bits per heavy atom. The minimum Gasteiger partial charge on any atom is -0.311 e. The van der Waals surface area contributed by atoms with Gasteiger partial charge < -0.3 is 5.32 Å². The molecule has 2 heterocycles. The number of rotatable bonds is 6. The lowest BCUT2D eigenvalue weighted by atomic mass is 10.4. The van der Waals surface area contributed by atoms with Crippen LogP contribution in [0.4, 0.5) is 0 Å². The minimum atomic E-state index is 0.846. The number of thiazole rings is 1. The summed E-state index contributed by atoms with van der Waals surface area (Å²) in [5.41, 5.74) is 1.24. The smallest absolute Gasteiger partial charge is 0.194 e. The fourth-order valence-corrected chi connectivity index (χ4v) is 4.33. The van der Waals surface area contributed by atoms with Crippen LogP contribution in [-0.2, 0) is 6.54 Å². The van der Waals surface area contributed by atoms with E-state index in [4.69, 9.17) is 4.98 Å². The summed E-state index contributed by atoms with van der Waals surface area (Å²) in [6, 6.07) is 8.27. The number of nitrogens with zero attached hydrogens (tertiary/aromatic N) is 2. The van der Waals surface area contributed by atoms with Gasteiger partial charge in [-0.2, -0.15) is 0 Å². The van der Waals surface area contributed by atoms with Gasteiger partial charge in [-0.1, -0.05) is 30.8 Å². The van der Waals surface area contributed by atoms with Gasteiger partial charge in [-0.05, 0) is 41.0 Å². The van der Waals surface area contributed by atoms with Crippen molar-refractivity contribution < 1.29 is 0 Å². The van der Waals surface area contributed by atoms with Crippen molar-refractivity contribution in [3.8, 4) is 0 Å². The predicted octanol–water partition coefficient (Wildman–Crippen LogP) is 4.81. The first-order valence-corrected chi connectivity index (χ1v) is 9.36. The topological polar surface area (TPSA) is 29.3 Å². The van der Waals surface area contributed by atoms with Crippen LogP contribution in [0.3, 0.4) is 0 Å². The Balaban J connectivity index is 1.91. The Bertz CT molecular complexity index is 735. The van der Waals surface area contributed by atoms with Crippen molar-refractivity contribution in [1.29, 1.82) is 0 Å². The maximum Gasteiger partial charge on any atom is 0.194 e. The van der Waals surface area contributed by atoms with Crippen molar-refractivity contribution in [2.45, 2.75) is 29.8 Å².